The third kappa shape index (κ3) is 3.51. The molecule has 0 bridgehead atoms. The van der Waals surface area contributed by atoms with E-state index in [1.165, 1.54) is 0 Å². The summed E-state index contributed by atoms with van der Waals surface area (Å²) < 4.78 is 44.3. The predicted molar refractivity (Wildman–Crippen MR) is 103 cm³/mol. The zero-order chi connectivity index (χ0) is 20.9. The maximum Gasteiger partial charge on any atom is 0.433 e. The Morgan fingerprint density at radius 3 is 2.67 bits per heavy atom. The van der Waals surface area contributed by atoms with Crippen LogP contribution in [0.3, 0.4) is 0 Å². The van der Waals surface area contributed by atoms with Crippen molar-refractivity contribution in [2.45, 2.75) is 31.4 Å². The molecule has 1 aliphatic heterocycles. The van der Waals surface area contributed by atoms with Crippen LogP contribution in [0.1, 0.15) is 36.8 Å². The van der Waals surface area contributed by atoms with E-state index in [9.17, 15) is 13.2 Å². The third-order valence-corrected chi connectivity index (χ3v) is 6.22. The van der Waals surface area contributed by atoms with E-state index in [-0.39, 0.29) is 17.3 Å². The van der Waals surface area contributed by atoms with Gasteiger partial charge in [0.05, 0.1) is 0 Å². The lowest BCUT2D eigenvalue weighted by atomic mass is 9.91. The Morgan fingerprint density at radius 1 is 1.13 bits per heavy atom. The Balaban J connectivity index is 1.26. The Labute approximate surface area is 175 Å². The molecule has 1 saturated heterocycles. The minimum atomic E-state index is -4.48. The number of anilines is 1. The van der Waals surface area contributed by atoms with Crippen LogP contribution in [-0.4, -0.2) is 33.2 Å². The molecule has 5 rings (SSSR count). The van der Waals surface area contributed by atoms with Crippen LogP contribution >= 0.6 is 11.6 Å². The molecule has 3 aromatic rings. The van der Waals surface area contributed by atoms with Crippen molar-refractivity contribution in [3.63, 3.8) is 0 Å². The van der Waals surface area contributed by atoms with Crippen molar-refractivity contribution in [1.82, 2.24) is 20.1 Å². The molecule has 156 valence electrons. The smallest absolute Gasteiger partial charge is 0.341 e. The van der Waals surface area contributed by atoms with Crippen LogP contribution in [0.4, 0.5) is 19.1 Å². The number of hydrogen-bond donors (Lipinski definition) is 0. The highest BCUT2D eigenvalue weighted by Crippen LogP contribution is 2.64. The van der Waals surface area contributed by atoms with E-state index in [0.717, 1.165) is 37.1 Å². The Bertz CT molecular complexity index is 1080. The first-order valence-electron chi connectivity index (χ1n) is 9.59. The Kier molecular flexibility index (Phi) is 4.46. The first-order chi connectivity index (χ1) is 14.3. The Morgan fingerprint density at radius 2 is 1.93 bits per heavy atom. The molecule has 2 fully saturated rings. The quantitative estimate of drug-likeness (QED) is 0.578. The summed E-state index contributed by atoms with van der Waals surface area (Å²) in [6, 6.07) is 8.16. The van der Waals surface area contributed by atoms with Crippen molar-refractivity contribution in [1.29, 1.82) is 0 Å². The van der Waals surface area contributed by atoms with E-state index < -0.39 is 11.9 Å². The molecule has 30 heavy (non-hydrogen) atoms. The lowest BCUT2D eigenvalue weighted by molar-refractivity contribution is -0.141. The first-order valence-corrected chi connectivity index (χ1v) is 9.97. The summed E-state index contributed by atoms with van der Waals surface area (Å²) in [6.45, 7) is 1.18. The maximum atomic E-state index is 12.9. The molecule has 1 saturated carbocycles. The minimum absolute atomic E-state index is 0.0519. The summed E-state index contributed by atoms with van der Waals surface area (Å²) in [5, 5.41) is 4.68. The average molecular weight is 436 g/mol. The predicted octanol–water partition coefficient (Wildman–Crippen LogP) is 4.97. The van der Waals surface area contributed by atoms with Gasteiger partial charge < -0.3 is 9.42 Å². The SMILES string of the molecule is FC(F)(F)c1ccnc(N2CCC3(CC2)C[C@@H]3c2nc(-c3cccc(Cl)c3)no2)n1. The molecule has 0 N–H and O–H groups in total. The van der Waals surface area contributed by atoms with Crippen LogP contribution < -0.4 is 4.90 Å². The standard InChI is InChI=1S/C20H17ClF3N5O/c21-13-3-1-2-12(10-13)16-27-17(30-28-16)14-11-19(14)5-8-29(9-6-19)18-25-7-4-15(26-18)20(22,23)24/h1-4,7,10,14H,5-6,8-9,11H2/t14-/m1/s1. The molecule has 1 spiro atoms. The summed E-state index contributed by atoms with van der Waals surface area (Å²) in [5.74, 6) is 1.40. The topological polar surface area (TPSA) is 67.9 Å². The fourth-order valence-corrected chi connectivity index (χ4v) is 4.37. The van der Waals surface area contributed by atoms with Crippen molar-refractivity contribution in [2.75, 3.05) is 18.0 Å². The van der Waals surface area contributed by atoms with Crippen LogP contribution in [0.2, 0.25) is 5.02 Å². The molecule has 1 atom stereocenters. The fourth-order valence-electron chi connectivity index (χ4n) is 4.18. The van der Waals surface area contributed by atoms with Gasteiger partial charge in [0.25, 0.3) is 0 Å². The second-order valence-electron chi connectivity index (χ2n) is 7.81. The zero-order valence-corrected chi connectivity index (χ0v) is 16.5. The molecule has 3 heterocycles. The molecule has 1 aliphatic carbocycles. The summed E-state index contributed by atoms with van der Waals surface area (Å²) >= 11 is 6.03. The molecule has 6 nitrogen and oxygen atoms in total. The monoisotopic (exact) mass is 435 g/mol. The molecule has 0 amide bonds. The summed E-state index contributed by atoms with van der Waals surface area (Å²) in [4.78, 5) is 14.1. The number of halogens is 4. The van der Waals surface area contributed by atoms with E-state index in [1.807, 2.05) is 12.1 Å². The molecular formula is C20H17ClF3N5O. The number of benzene rings is 1. The average Bonchev–Trinajstić information content (AvgIpc) is 3.20. The van der Waals surface area contributed by atoms with Gasteiger partial charge in [0.1, 0.15) is 5.69 Å². The van der Waals surface area contributed by atoms with Crippen molar-refractivity contribution in [3.8, 4) is 11.4 Å². The number of nitrogens with zero attached hydrogens (tertiary/aromatic N) is 5. The zero-order valence-electron chi connectivity index (χ0n) is 15.7. The van der Waals surface area contributed by atoms with Crippen molar-refractivity contribution in [2.24, 2.45) is 5.41 Å². The molecule has 2 aromatic heterocycles. The summed E-state index contributed by atoms with van der Waals surface area (Å²) in [5.41, 5.74) is -0.0730. The summed E-state index contributed by atoms with van der Waals surface area (Å²) in [6.07, 6.45) is -0.764. The van der Waals surface area contributed by atoms with Gasteiger partial charge in [-0.15, -0.1) is 0 Å². The molecule has 0 unspecified atom stereocenters. The number of rotatable bonds is 3. The molecule has 1 aromatic carbocycles. The molecule has 0 radical (unpaired) electrons. The maximum absolute atomic E-state index is 12.9. The number of alkyl halides is 3. The second-order valence-corrected chi connectivity index (χ2v) is 8.25. The third-order valence-electron chi connectivity index (χ3n) is 5.99. The van der Waals surface area contributed by atoms with Crippen LogP contribution in [0, 0.1) is 5.41 Å². The first kappa shape index (κ1) is 19.3. The Hall–Kier alpha value is -2.68. The van der Waals surface area contributed by atoms with Gasteiger partial charge in [-0.25, -0.2) is 9.97 Å². The van der Waals surface area contributed by atoms with E-state index in [1.54, 1.807) is 17.0 Å². The van der Waals surface area contributed by atoms with Gasteiger partial charge in [0, 0.05) is 35.8 Å². The normalized spacial score (nSPS) is 20.5. The second kappa shape index (κ2) is 6.94. The molecular weight excluding hydrogens is 419 g/mol. The van der Waals surface area contributed by atoms with E-state index in [0.29, 0.717) is 29.8 Å². The largest absolute Gasteiger partial charge is 0.433 e. The van der Waals surface area contributed by atoms with Crippen LogP contribution in [0.25, 0.3) is 11.4 Å². The van der Waals surface area contributed by atoms with Gasteiger partial charge in [0.2, 0.25) is 17.7 Å². The van der Waals surface area contributed by atoms with Gasteiger partial charge in [-0.1, -0.05) is 28.9 Å². The molecule has 10 heteroatoms. The minimum Gasteiger partial charge on any atom is -0.341 e. The highest BCUT2D eigenvalue weighted by molar-refractivity contribution is 6.30. The van der Waals surface area contributed by atoms with Crippen molar-refractivity contribution in [3.05, 3.63) is 53.1 Å². The number of hydrogen-bond acceptors (Lipinski definition) is 6. The highest BCUT2D eigenvalue weighted by atomic mass is 35.5. The van der Waals surface area contributed by atoms with Crippen LogP contribution in [0.15, 0.2) is 41.1 Å². The number of aromatic nitrogens is 4. The van der Waals surface area contributed by atoms with Gasteiger partial charge in [0.15, 0.2) is 0 Å². The van der Waals surface area contributed by atoms with Gasteiger partial charge in [-0.3, -0.25) is 0 Å². The lowest BCUT2D eigenvalue weighted by Gasteiger charge is -2.32. The van der Waals surface area contributed by atoms with E-state index in [4.69, 9.17) is 16.1 Å². The fraction of sp³-hybridized carbons (Fsp3) is 0.400. The van der Waals surface area contributed by atoms with E-state index in [2.05, 4.69) is 20.1 Å². The van der Waals surface area contributed by atoms with Crippen molar-refractivity contribution < 1.29 is 17.7 Å². The number of piperidine rings is 1. The van der Waals surface area contributed by atoms with Crippen LogP contribution in [0.5, 0.6) is 0 Å². The van der Waals surface area contributed by atoms with E-state index >= 15 is 0 Å². The van der Waals surface area contributed by atoms with Gasteiger partial charge in [-0.05, 0) is 42.9 Å². The van der Waals surface area contributed by atoms with Gasteiger partial charge >= 0.3 is 6.18 Å². The summed E-state index contributed by atoms with van der Waals surface area (Å²) in [7, 11) is 0. The highest BCUT2D eigenvalue weighted by Gasteiger charge is 2.58. The van der Waals surface area contributed by atoms with Crippen LogP contribution in [-0.2, 0) is 6.18 Å². The lowest BCUT2D eigenvalue weighted by Crippen LogP contribution is -2.36. The molecule has 2 aliphatic rings. The van der Waals surface area contributed by atoms with Gasteiger partial charge in [-0.2, -0.15) is 18.2 Å². The van der Waals surface area contributed by atoms with Crippen molar-refractivity contribution >= 4 is 17.5 Å².